The highest BCUT2D eigenvalue weighted by molar-refractivity contribution is 6.32. The average Bonchev–Trinajstić information content (AvgIpc) is 3.05. The van der Waals surface area contributed by atoms with Crippen LogP contribution in [0.4, 0.5) is 10.2 Å². The maximum absolute atomic E-state index is 15.6. The number of carbonyl (C=O) groups is 1. The van der Waals surface area contributed by atoms with Crippen molar-refractivity contribution in [2.75, 3.05) is 40.4 Å². The minimum absolute atomic E-state index is 0.0140. The molecule has 0 radical (unpaired) electrons. The van der Waals surface area contributed by atoms with Crippen molar-refractivity contribution in [3.05, 3.63) is 87.3 Å². The predicted molar refractivity (Wildman–Crippen MR) is 172 cm³/mol. The molecular weight excluding hydrogens is 601 g/mol. The molecule has 1 heterocycles. The Morgan fingerprint density at radius 3 is 2.31 bits per heavy atom. The van der Waals surface area contributed by atoms with Crippen LogP contribution in [0.3, 0.4) is 0 Å². The second-order valence-electron chi connectivity index (χ2n) is 10.1. The molecule has 45 heavy (non-hydrogen) atoms. The molecule has 0 aliphatic rings. The van der Waals surface area contributed by atoms with E-state index < -0.39 is 11.8 Å². The molecule has 0 aliphatic heterocycles. The van der Waals surface area contributed by atoms with Crippen molar-refractivity contribution >= 4 is 23.4 Å². The van der Waals surface area contributed by atoms with Crippen molar-refractivity contribution in [3.8, 4) is 34.4 Å². The molecule has 0 amide bonds. The summed E-state index contributed by atoms with van der Waals surface area (Å²) >= 11 is 6.16. The van der Waals surface area contributed by atoms with Crippen molar-refractivity contribution in [1.29, 1.82) is 0 Å². The highest BCUT2D eigenvalue weighted by atomic mass is 35.5. The lowest BCUT2D eigenvalue weighted by Gasteiger charge is -2.18. The normalized spacial score (nSPS) is 10.8. The smallest absolute Gasteiger partial charge is 0.357 e. The molecule has 11 heteroatoms. The van der Waals surface area contributed by atoms with Crippen LogP contribution in [0.5, 0.6) is 23.0 Å². The van der Waals surface area contributed by atoms with Gasteiger partial charge in [0.2, 0.25) is 0 Å². The van der Waals surface area contributed by atoms with E-state index in [1.807, 2.05) is 44.2 Å². The Morgan fingerprint density at radius 1 is 0.889 bits per heavy atom. The van der Waals surface area contributed by atoms with Crippen LogP contribution in [0.25, 0.3) is 11.4 Å². The number of aromatic nitrogens is 2. The fourth-order valence-electron chi connectivity index (χ4n) is 4.81. The first kappa shape index (κ1) is 33.3. The van der Waals surface area contributed by atoms with Crippen LogP contribution >= 0.6 is 11.6 Å². The third-order valence-electron chi connectivity index (χ3n) is 7.16. The highest BCUT2D eigenvalue weighted by Gasteiger charge is 2.25. The van der Waals surface area contributed by atoms with E-state index in [4.69, 9.17) is 40.3 Å². The summed E-state index contributed by atoms with van der Waals surface area (Å²) in [5.74, 6) is 0.745. The van der Waals surface area contributed by atoms with Gasteiger partial charge in [0.05, 0.1) is 45.6 Å². The van der Waals surface area contributed by atoms with E-state index in [1.54, 1.807) is 27.4 Å². The molecule has 1 N–H and O–H groups in total. The van der Waals surface area contributed by atoms with E-state index in [2.05, 4.69) is 10.3 Å². The third-order valence-corrected chi connectivity index (χ3v) is 7.46. The van der Waals surface area contributed by atoms with Crippen LogP contribution in [0.15, 0.2) is 48.5 Å². The topological polar surface area (TPSA) is 101 Å². The molecule has 238 valence electrons. The van der Waals surface area contributed by atoms with E-state index in [0.717, 1.165) is 16.7 Å². The lowest BCUT2D eigenvalue weighted by atomic mass is 10.0. The maximum Gasteiger partial charge on any atom is 0.357 e. The van der Waals surface area contributed by atoms with Gasteiger partial charge in [-0.15, -0.1) is 0 Å². The van der Waals surface area contributed by atoms with Gasteiger partial charge in [0.25, 0.3) is 0 Å². The van der Waals surface area contributed by atoms with Gasteiger partial charge in [-0.1, -0.05) is 36.7 Å². The van der Waals surface area contributed by atoms with Gasteiger partial charge in [-0.05, 0) is 61.6 Å². The first-order chi connectivity index (χ1) is 21.7. The zero-order valence-corrected chi connectivity index (χ0v) is 27.0. The van der Waals surface area contributed by atoms with Crippen LogP contribution in [0, 0.1) is 12.7 Å². The molecule has 0 spiro atoms. The minimum atomic E-state index is -0.750. The zero-order valence-electron chi connectivity index (χ0n) is 26.3. The summed E-state index contributed by atoms with van der Waals surface area (Å²) in [5.41, 5.74) is 3.33. The molecule has 0 bridgehead atoms. The number of ether oxygens (including phenoxy) is 5. The summed E-state index contributed by atoms with van der Waals surface area (Å²) < 4.78 is 42.9. The summed E-state index contributed by atoms with van der Waals surface area (Å²) in [4.78, 5) is 22.8. The first-order valence-electron chi connectivity index (χ1n) is 14.4. The molecule has 4 rings (SSSR count). The van der Waals surface area contributed by atoms with Gasteiger partial charge in [-0.25, -0.2) is 19.2 Å². The molecule has 0 aliphatic carbocycles. The Morgan fingerprint density at radius 2 is 1.62 bits per heavy atom. The lowest BCUT2D eigenvalue weighted by molar-refractivity contribution is 0.0496. The number of hydrogen-bond donors (Lipinski definition) is 1. The number of rotatable bonds is 14. The molecule has 0 saturated carbocycles. The summed E-state index contributed by atoms with van der Waals surface area (Å²) in [6.45, 7) is 4.36. The number of halogens is 2. The number of hydrogen-bond acceptors (Lipinski definition) is 9. The fourth-order valence-corrected chi connectivity index (χ4v) is 5.03. The van der Waals surface area contributed by atoms with E-state index >= 15 is 4.39 Å². The van der Waals surface area contributed by atoms with E-state index in [9.17, 15) is 4.79 Å². The largest absolute Gasteiger partial charge is 0.497 e. The van der Waals surface area contributed by atoms with Gasteiger partial charge < -0.3 is 29.0 Å². The standard InChI is InChI=1S/C34H37ClFN3O6/c1-7-16-45-34(40)30-25(13-11-21-10-12-23(41-3)18-28(21)43-5)32(37-19-22-9-8-20(2)17-27(22)42-4)39-33(38-30)24-14-15-26(35)31(44-6)29(24)36/h8-10,12,14-15,17-18H,7,11,13,16,19H2,1-6H3,(H,37,38,39). The van der Waals surface area contributed by atoms with Crippen LogP contribution in [-0.4, -0.2) is 51.0 Å². The van der Waals surface area contributed by atoms with Crippen molar-refractivity contribution in [3.63, 3.8) is 0 Å². The van der Waals surface area contributed by atoms with Crippen LogP contribution in [0.2, 0.25) is 5.02 Å². The summed E-state index contributed by atoms with van der Waals surface area (Å²) in [7, 11) is 6.09. The number of nitrogens with one attached hydrogen (secondary N) is 1. The summed E-state index contributed by atoms with van der Waals surface area (Å²) in [5, 5.41) is 3.45. The molecule has 4 aromatic rings. The van der Waals surface area contributed by atoms with Gasteiger partial charge >= 0.3 is 5.97 Å². The van der Waals surface area contributed by atoms with E-state index in [-0.39, 0.29) is 34.5 Å². The number of esters is 1. The van der Waals surface area contributed by atoms with Crippen molar-refractivity contribution < 1.29 is 32.9 Å². The SMILES string of the molecule is CCCOC(=O)c1nc(-c2ccc(Cl)c(OC)c2F)nc(NCc2ccc(C)cc2OC)c1CCc1ccc(OC)cc1OC. The van der Waals surface area contributed by atoms with Crippen molar-refractivity contribution in [1.82, 2.24) is 9.97 Å². The Bertz CT molecular complexity index is 1670. The van der Waals surface area contributed by atoms with Crippen LogP contribution < -0.4 is 24.3 Å². The summed E-state index contributed by atoms with van der Waals surface area (Å²) in [6.07, 6.45) is 1.41. The average molecular weight is 638 g/mol. The molecule has 9 nitrogen and oxygen atoms in total. The van der Waals surface area contributed by atoms with E-state index in [0.29, 0.717) is 54.4 Å². The van der Waals surface area contributed by atoms with Gasteiger partial charge in [0.15, 0.2) is 23.1 Å². The number of anilines is 1. The molecule has 1 aromatic heterocycles. The quantitative estimate of drug-likeness (QED) is 0.143. The third kappa shape index (κ3) is 7.75. The molecule has 0 unspecified atom stereocenters. The van der Waals surface area contributed by atoms with E-state index in [1.165, 1.54) is 19.2 Å². The lowest BCUT2D eigenvalue weighted by Crippen LogP contribution is -2.17. The van der Waals surface area contributed by atoms with Gasteiger partial charge in [0, 0.05) is 23.7 Å². The second-order valence-corrected chi connectivity index (χ2v) is 10.6. The Kier molecular flexibility index (Phi) is 11.4. The fraction of sp³-hybridized carbons (Fsp3) is 0.324. The van der Waals surface area contributed by atoms with Crippen molar-refractivity contribution in [2.24, 2.45) is 0 Å². The Hall–Kier alpha value is -4.57. The maximum atomic E-state index is 15.6. The zero-order chi connectivity index (χ0) is 32.5. The predicted octanol–water partition coefficient (Wildman–Crippen LogP) is 7.24. The first-order valence-corrected chi connectivity index (χ1v) is 14.8. The molecule has 3 aromatic carbocycles. The van der Waals surface area contributed by atoms with Crippen molar-refractivity contribution in [2.45, 2.75) is 39.7 Å². The van der Waals surface area contributed by atoms with Gasteiger partial charge in [0.1, 0.15) is 23.1 Å². The Labute approximate surface area is 267 Å². The highest BCUT2D eigenvalue weighted by Crippen LogP contribution is 2.36. The second kappa shape index (κ2) is 15.4. The summed E-state index contributed by atoms with van der Waals surface area (Å²) in [6, 6.07) is 14.3. The van der Waals surface area contributed by atoms with Crippen LogP contribution in [0.1, 0.15) is 46.1 Å². The number of nitrogens with zero attached hydrogens (tertiary/aromatic N) is 2. The molecular formula is C34H37ClFN3O6. The number of methoxy groups -OCH3 is 4. The van der Waals surface area contributed by atoms with Gasteiger partial charge in [-0.2, -0.15) is 0 Å². The van der Waals surface area contributed by atoms with Gasteiger partial charge in [-0.3, -0.25) is 0 Å². The molecule has 0 atom stereocenters. The number of aryl methyl sites for hydroxylation is 2. The number of carbonyl (C=O) groups excluding carboxylic acids is 1. The monoisotopic (exact) mass is 637 g/mol. The van der Waals surface area contributed by atoms with Crippen LogP contribution in [-0.2, 0) is 24.1 Å². The Balaban J connectivity index is 1.87. The number of benzene rings is 3. The molecule has 0 saturated heterocycles. The molecule has 0 fully saturated rings. The minimum Gasteiger partial charge on any atom is -0.497 e.